The molecule has 1 amide bonds. The summed E-state index contributed by atoms with van der Waals surface area (Å²) in [5.41, 5.74) is 6.07. The average molecular weight is 596 g/mol. The quantitative estimate of drug-likeness (QED) is 0.240. The summed E-state index contributed by atoms with van der Waals surface area (Å²) in [7, 11) is 0. The zero-order valence-electron chi connectivity index (χ0n) is 28.1. The molecule has 0 bridgehead atoms. The lowest BCUT2D eigenvalue weighted by atomic mass is 9.78. The molecule has 4 rings (SSSR count). The summed E-state index contributed by atoms with van der Waals surface area (Å²) in [6.07, 6.45) is 5.60. The van der Waals surface area contributed by atoms with Gasteiger partial charge >= 0.3 is 0 Å². The van der Waals surface area contributed by atoms with E-state index in [9.17, 15) is 9.90 Å². The number of nitrogens with zero attached hydrogens (tertiary/aromatic N) is 3. The topological polar surface area (TPSA) is 47.0 Å². The van der Waals surface area contributed by atoms with E-state index in [-0.39, 0.29) is 16.7 Å². The Bertz CT molecular complexity index is 1360. The van der Waals surface area contributed by atoms with Gasteiger partial charge in [-0.2, -0.15) is 0 Å². The molecule has 0 aliphatic carbocycles. The number of phenolic OH excluding ortho intramolecular Hbond substituents is 1. The van der Waals surface area contributed by atoms with Crippen LogP contribution in [0.15, 0.2) is 72.8 Å². The Hall–Kier alpha value is -3.57. The van der Waals surface area contributed by atoms with Crippen molar-refractivity contribution >= 4 is 17.7 Å². The molecule has 1 saturated heterocycles. The van der Waals surface area contributed by atoms with Gasteiger partial charge in [-0.15, -0.1) is 0 Å². The van der Waals surface area contributed by atoms with Gasteiger partial charge in [-0.1, -0.05) is 97.4 Å². The maximum atomic E-state index is 13.5. The minimum atomic E-state index is -0.215. The molecule has 0 aromatic heterocycles. The van der Waals surface area contributed by atoms with Crippen LogP contribution in [-0.4, -0.2) is 53.5 Å². The van der Waals surface area contributed by atoms with Gasteiger partial charge < -0.3 is 14.9 Å². The van der Waals surface area contributed by atoms with Gasteiger partial charge in [-0.25, -0.2) is 0 Å². The number of carbonyl (C=O) groups excluding carboxylic acids is 1. The Morgan fingerprint density at radius 2 is 1.43 bits per heavy atom. The van der Waals surface area contributed by atoms with Crippen molar-refractivity contribution in [3.8, 4) is 5.75 Å². The highest BCUT2D eigenvalue weighted by atomic mass is 16.3. The first-order valence-corrected chi connectivity index (χ1v) is 16.3. The van der Waals surface area contributed by atoms with E-state index < -0.39 is 0 Å². The fourth-order valence-corrected chi connectivity index (χ4v) is 5.82. The summed E-state index contributed by atoms with van der Waals surface area (Å²) in [6.45, 7) is 21.3. The number of hydrogen-bond donors (Lipinski definition) is 1. The van der Waals surface area contributed by atoms with E-state index in [1.54, 1.807) is 6.08 Å². The Balaban J connectivity index is 1.42. The number of amides is 1. The highest BCUT2D eigenvalue weighted by Crippen LogP contribution is 2.40. The SMILES string of the molecule is CCCCN(Cc1ccc(N2CCN(Cc3ccccc3)CC2)cc1)C(=O)/C=C/c1cc(C(C)(C)C)c(O)c(C(C)(C)C)c1. The van der Waals surface area contributed by atoms with Crippen LogP contribution in [0.4, 0.5) is 5.69 Å². The molecule has 1 fully saturated rings. The number of phenols is 1. The van der Waals surface area contributed by atoms with Crippen molar-refractivity contribution in [2.45, 2.75) is 85.2 Å². The Morgan fingerprint density at radius 3 is 1.98 bits per heavy atom. The highest BCUT2D eigenvalue weighted by Gasteiger charge is 2.26. The van der Waals surface area contributed by atoms with Crippen molar-refractivity contribution in [3.05, 3.63) is 101 Å². The van der Waals surface area contributed by atoms with Crippen molar-refractivity contribution < 1.29 is 9.90 Å². The van der Waals surface area contributed by atoms with Crippen molar-refractivity contribution in [2.75, 3.05) is 37.6 Å². The van der Waals surface area contributed by atoms with Gasteiger partial charge in [-0.05, 0) is 64.3 Å². The van der Waals surface area contributed by atoms with Gasteiger partial charge in [0.05, 0.1) is 0 Å². The van der Waals surface area contributed by atoms with Gasteiger partial charge in [0.15, 0.2) is 0 Å². The van der Waals surface area contributed by atoms with Gasteiger partial charge in [-0.3, -0.25) is 9.69 Å². The van der Waals surface area contributed by atoms with Crippen LogP contribution >= 0.6 is 0 Å². The lowest BCUT2D eigenvalue weighted by Crippen LogP contribution is -2.45. The number of aromatic hydroxyl groups is 1. The van der Waals surface area contributed by atoms with Crippen LogP contribution in [0.3, 0.4) is 0 Å². The molecule has 0 unspecified atom stereocenters. The third kappa shape index (κ3) is 8.98. The molecule has 5 nitrogen and oxygen atoms in total. The molecule has 0 radical (unpaired) electrons. The summed E-state index contributed by atoms with van der Waals surface area (Å²) in [5, 5.41) is 11.1. The normalized spacial score (nSPS) is 14.8. The van der Waals surface area contributed by atoms with Crippen LogP contribution in [0.25, 0.3) is 6.08 Å². The summed E-state index contributed by atoms with van der Waals surface area (Å²) in [4.78, 5) is 20.4. The van der Waals surface area contributed by atoms with Crippen LogP contribution in [0.1, 0.15) is 89.1 Å². The second-order valence-electron chi connectivity index (χ2n) is 14.3. The standard InChI is InChI=1S/C39H53N3O2/c1-8-9-21-42(36(43)20-17-32-26-34(38(2,3)4)37(44)35(27-32)39(5,6)7)29-31-15-18-33(19-16-31)41-24-22-40(23-25-41)28-30-13-11-10-12-14-30/h10-20,26-27,44H,8-9,21-25,28-29H2,1-7H3/b20-17+. The number of anilines is 1. The minimum Gasteiger partial charge on any atom is -0.507 e. The van der Waals surface area contributed by atoms with Crippen molar-refractivity contribution in [1.82, 2.24) is 9.80 Å². The number of piperazine rings is 1. The number of benzene rings is 3. The molecule has 0 saturated carbocycles. The minimum absolute atomic E-state index is 0.0137. The second kappa shape index (κ2) is 14.5. The fraction of sp³-hybridized carbons (Fsp3) is 0.462. The van der Waals surface area contributed by atoms with Gasteiger partial charge in [0, 0.05) is 68.7 Å². The summed E-state index contributed by atoms with van der Waals surface area (Å²) in [5.74, 6) is 0.371. The monoisotopic (exact) mass is 595 g/mol. The molecule has 1 heterocycles. The van der Waals surface area contributed by atoms with Gasteiger partial charge in [0.1, 0.15) is 5.75 Å². The van der Waals surface area contributed by atoms with Gasteiger partial charge in [0.2, 0.25) is 5.91 Å². The molecule has 5 heteroatoms. The summed E-state index contributed by atoms with van der Waals surface area (Å²) < 4.78 is 0. The van der Waals surface area contributed by atoms with E-state index in [4.69, 9.17) is 0 Å². The third-order valence-electron chi connectivity index (χ3n) is 8.56. The van der Waals surface area contributed by atoms with E-state index in [0.29, 0.717) is 12.3 Å². The smallest absolute Gasteiger partial charge is 0.246 e. The van der Waals surface area contributed by atoms with Crippen molar-refractivity contribution in [1.29, 1.82) is 0 Å². The molecular formula is C39H53N3O2. The number of unbranched alkanes of at least 4 members (excludes halogenated alkanes) is 1. The molecule has 0 spiro atoms. The third-order valence-corrected chi connectivity index (χ3v) is 8.56. The molecule has 1 aliphatic rings. The number of rotatable bonds is 10. The molecule has 44 heavy (non-hydrogen) atoms. The molecule has 1 aliphatic heterocycles. The lowest BCUT2D eigenvalue weighted by molar-refractivity contribution is -0.126. The molecule has 3 aromatic carbocycles. The predicted molar refractivity (Wildman–Crippen MR) is 185 cm³/mol. The second-order valence-corrected chi connectivity index (χ2v) is 14.3. The van der Waals surface area contributed by atoms with E-state index in [0.717, 1.165) is 74.4 Å². The van der Waals surface area contributed by atoms with Crippen LogP contribution < -0.4 is 4.90 Å². The van der Waals surface area contributed by atoms with E-state index in [2.05, 4.69) is 113 Å². The number of carbonyl (C=O) groups is 1. The van der Waals surface area contributed by atoms with E-state index in [1.165, 1.54) is 11.3 Å². The number of hydrogen-bond acceptors (Lipinski definition) is 4. The summed E-state index contributed by atoms with van der Waals surface area (Å²) in [6, 6.07) is 23.5. The largest absolute Gasteiger partial charge is 0.507 e. The summed E-state index contributed by atoms with van der Waals surface area (Å²) >= 11 is 0. The average Bonchev–Trinajstić information content (AvgIpc) is 2.98. The van der Waals surface area contributed by atoms with Crippen molar-refractivity contribution in [3.63, 3.8) is 0 Å². The molecule has 1 N–H and O–H groups in total. The zero-order valence-corrected chi connectivity index (χ0v) is 28.1. The first kappa shape index (κ1) is 33.3. The van der Waals surface area contributed by atoms with Crippen LogP contribution in [0.2, 0.25) is 0 Å². The first-order valence-electron chi connectivity index (χ1n) is 16.3. The zero-order chi connectivity index (χ0) is 31.9. The molecule has 3 aromatic rings. The van der Waals surface area contributed by atoms with Gasteiger partial charge in [0.25, 0.3) is 0 Å². The van der Waals surface area contributed by atoms with Crippen LogP contribution in [-0.2, 0) is 28.7 Å². The van der Waals surface area contributed by atoms with E-state index in [1.807, 2.05) is 23.1 Å². The van der Waals surface area contributed by atoms with E-state index >= 15 is 0 Å². The molecule has 236 valence electrons. The lowest BCUT2D eigenvalue weighted by Gasteiger charge is -2.36. The maximum Gasteiger partial charge on any atom is 0.246 e. The van der Waals surface area contributed by atoms with Crippen LogP contribution in [0.5, 0.6) is 5.75 Å². The predicted octanol–water partition coefficient (Wildman–Crippen LogP) is 8.15. The fourth-order valence-electron chi connectivity index (χ4n) is 5.82. The Morgan fingerprint density at radius 1 is 0.841 bits per heavy atom. The molecule has 0 atom stereocenters. The highest BCUT2D eigenvalue weighted by molar-refractivity contribution is 5.92. The Kier molecular flexibility index (Phi) is 11.0. The maximum absolute atomic E-state index is 13.5. The van der Waals surface area contributed by atoms with Crippen LogP contribution in [0, 0.1) is 0 Å². The Labute approximate surface area is 266 Å². The van der Waals surface area contributed by atoms with Crippen molar-refractivity contribution in [2.24, 2.45) is 0 Å². The molecular weight excluding hydrogens is 542 g/mol. The first-order chi connectivity index (χ1) is 20.8.